The third-order valence-corrected chi connectivity index (χ3v) is 5.89. The van der Waals surface area contributed by atoms with E-state index >= 15 is 0 Å². The van der Waals surface area contributed by atoms with E-state index in [0.717, 1.165) is 25.9 Å². The number of hydrogen-bond acceptors (Lipinski definition) is 2. The highest BCUT2D eigenvalue weighted by Gasteiger charge is 2.23. The van der Waals surface area contributed by atoms with Crippen molar-refractivity contribution >= 4 is 16.8 Å². The molecular weight excluding hydrogens is 322 g/mol. The van der Waals surface area contributed by atoms with Gasteiger partial charge in [0.1, 0.15) is 0 Å². The van der Waals surface area contributed by atoms with E-state index in [4.69, 9.17) is 0 Å². The number of amides is 1. The monoisotopic (exact) mass is 355 g/mol. The molecule has 26 heavy (non-hydrogen) atoms. The smallest absolute Gasteiger partial charge is 0.220 e. The van der Waals surface area contributed by atoms with Gasteiger partial charge in [-0.3, -0.25) is 9.69 Å². The zero-order chi connectivity index (χ0) is 18.5. The number of nitrogens with one attached hydrogen (secondary N) is 1. The van der Waals surface area contributed by atoms with E-state index in [2.05, 4.69) is 66.1 Å². The van der Waals surface area contributed by atoms with Crippen molar-refractivity contribution in [2.24, 2.45) is 7.05 Å². The number of likely N-dealkylation sites (tertiary alicyclic amines) is 1. The van der Waals surface area contributed by atoms with E-state index in [9.17, 15) is 4.79 Å². The van der Waals surface area contributed by atoms with Crippen LogP contribution in [0.4, 0.5) is 0 Å². The summed E-state index contributed by atoms with van der Waals surface area (Å²) >= 11 is 0. The van der Waals surface area contributed by atoms with Gasteiger partial charge in [-0.25, -0.2) is 0 Å². The quantitative estimate of drug-likeness (QED) is 0.765. The second-order valence-corrected chi connectivity index (χ2v) is 7.85. The van der Waals surface area contributed by atoms with Crippen LogP contribution in [0.15, 0.2) is 30.5 Å². The second-order valence-electron chi connectivity index (χ2n) is 7.85. The average Bonchev–Trinajstić information content (AvgIpc) is 2.95. The largest absolute Gasteiger partial charge is 0.356 e. The van der Waals surface area contributed by atoms with Gasteiger partial charge >= 0.3 is 0 Å². The van der Waals surface area contributed by atoms with E-state index in [0.29, 0.717) is 18.5 Å². The van der Waals surface area contributed by atoms with Crippen LogP contribution in [0.25, 0.3) is 10.9 Å². The highest BCUT2D eigenvalue weighted by Crippen LogP contribution is 2.23. The summed E-state index contributed by atoms with van der Waals surface area (Å²) in [4.78, 5) is 14.8. The van der Waals surface area contributed by atoms with Crippen LogP contribution in [-0.4, -0.2) is 40.5 Å². The molecule has 4 nitrogen and oxygen atoms in total. The molecule has 4 heteroatoms. The van der Waals surface area contributed by atoms with Crippen molar-refractivity contribution < 1.29 is 4.79 Å². The van der Waals surface area contributed by atoms with Gasteiger partial charge in [-0.05, 0) is 51.2 Å². The predicted octanol–water partition coefficient (Wildman–Crippen LogP) is 3.88. The molecule has 1 aromatic heterocycles. The van der Waals surface area contributed by atoms with Crippen molar-refractivity contribution in [2.75, 3.05) is 13.1 Å². The number of fused-ring (bicyclic) bond motifs is 1. The standard InChI is InChI=1S/C22H33N3O/c1-17-8-6-9-18(2)25(17)15-7-14-23-22(26)13-12-19-16-24(3)21-11-5-4-10-20(19)21/h4-5,10-11,16-18H,6-9,12-15H2,1-3H3,(H,23,26)/t17-,18-/m1/s1. The minimum atomic E-state index is 0.165. The van der Waals surface area contributed by atoms with Crippen LogP contribution in [0, 0.1) is 0 Å². The van der Waals surface area contributed by atoms with E-state index < -0.39 is 0 Å². The summed E-state index contributed by atoms with van der Waals surface area (Å²) < 4.78 is 2.14. The lowest BCUT2D eigenvalue weighted by molar-refractivity contribution is -0.121. The van der Waals surface area contributed by atoms with Crippen molar-refractivity contribution in [1.29, 1.82) is 0 Å². The zero-order valence-corrected chi connectivity index (χ0v) is 16.5. The van der Waals surface area contributed by atoms with Crippen molar-refractivity contribution in [3.63, 3.8) is 0 Å². The van der Waals surface area contributed by atoms with E-state index in [-0.39, 0.29) is 5.91 Å². The fourth-order valence-corrected chi connectivity index (χ4v) is 4.37. The molecule has 0 radical (unpaired) electrons. The first-order chi connectivity index (χ1) is 12.6. The van der Waals surface area contributed by atoms with Gasteiger partial charge < -0.3 is 9.88 Å². The van der Waals surface area contributed by atoms with Crippen LogP contribution in [0.2, 0.25) is 0 Å². The number of aryl methyl sites for hydroxylation is 2. The fraction of sp³-hybridized carbons (Fsp3) is 0.591. The fourth-order valence-electron chi connectivity index (χ4n) is 4.37. The lowest BCUT2D eigenvalue weighted by atomic mass is 9.97. The van der Waals surface area contributed by atoms with Crippen LogP contribution in [0.5, 0.6) is 0 Å². The average molecular weight is 356 g/mol. The molecule has 1 fully saturated rings. The lowest BCUT2D eigenvalue weighted by Crippen LogP contribution is -2.44. The predicted molar refractivity (Wildman–Crippen MR) is 108 cm³/mol. The maximum absolute atomic E-state index is 12.2. The molecule has 0 spiro atoms. The Morgan fingerprint density at radius 1 is 1.19 bits per heavy atom. The number of nitrogens with zero attached hydrogens (tertiary/aromatic N) is 2. The highest BCUT2D eigenvalue weighted by molar-refractivity contribution is 5.84. The molecule has 2 aromatic rings. The van der Waals surface area contributed by atoms with Crippen molar-refractivity contribution in [3.8, 4) is 0 Å². The number of hydrogen-bond donors (Lipinski definition) is 1. The first-order valence-electron chi connectivity index (χ1n) is 10.1. The number of benzene rings is 1. The molecule has 2 heterocycles. The normalized spacial score (nSPS) is 21.2. The van der Waals surface area contributed by atoms with Gasteiger partial charge in [0.2, 0.25) is 5.91 Å². The molecule has 1 amide bonds. The molecule has 142 valence electrons. The Morgan fingerprint density at radius 2 is 1.92 bits per heavy atom. The maximum Gasteiger partial charge on any atom is 0.220 e. The number of aromatic nitrogens is 1. The Balaban J connectivity index is 1.40. The molecule has 1 aliphatic rings. The summed E-state index contributed by atoms with van der Waals surface area (Å²) in [6.07, 6.45) is 8.51. The van der Waals surface area contributed by atoms with Crippen LogP contribution in [0.3, 0.4) is 0 Å². The topological polar surface area (TPSA) is 37.3 Å². The minimum absolute atomic E-state index is 0.165. The number of para-hydroxylation sites is 1. The Morgan fingerprint density at radius 3 is 2.69 bits per heavy atom. The molecular formula is C22H33N3O. The molecule has 0 saturated carbocycles. The number of piperidine rings is 1. The summed E-state index contributed by atoms with van der Waals surface area (Å²) in [5, 5.41) is 4.36. The molecule has 0 bridgehead atoms. The summed E-state index contributed by atoms with van der Waals surface area (Å²) in [5.74, 6) is 0.165. The Bertz CT molecular complexity index is 726. The van der Waals surface area contributed by atoms with Crippen molar-refractivity contribution in [2.45, 2.75) is 64.5 Å². The second kappa shape index (κ2) is 8.72. The van der Waals surface area contributed by atoms with Crippen molar-refractivity contribution in [3.05, 3.63) is 36.0 Å². The molecule has 1 aliphatic heterocycles. The van der Waals surface area contributed by atoms with Gasteiger partial charge in [-0.15, -0.1) is 0 Å². The third kappa shape index (κ3) is 4.47. The first kappa shape index (κ1) is 19.0. The Hall–Kier alpha value is -1.81. The van der Waals surface area contributed by atoms with Gasteiger partial charge in [0.05, 0.1) is 0 Å². The Labute approximate surface area is 157 Å². The molecule has 3 rings (SSSR count). The minimum Gasteiger partial charge on any atom is -0.356 e. The Kier molecular flexibility index (Phi) is 6.36. The molecule has 0 aliphatic carbocycles. The summed E-state index contributed by atoms with van der Waals surface area (Å²) in [6.45, 7) is 6.53. The van der Waals surface area contributed by atoms with Gasteiger partial charge in [-0.1, -0.05) is 24.6 Å². The highest BCUT2D eigenvalue weighted by atomic mass is 16.1. The molecule has 2 atom stereocenters. The molecule has 1 aromatic carbocycles. The summed E-state index contributed by atoms with van der Waals surface area (Å²) in [5.41, 5.74) is 2.49. The third-order valence-electron chi connectivity index (χ3n) is 5.89. The van der Waals surface area contributed by atoms with Crippen LogP contribution in [0.1, 0.15) is 51.5 Å². The lowest BCUT2D eigenvalue weighted by Gasteiger charge is -2.39. The van der Waals surface area contributed by atoms with Crippen LogP contribution >= 0.6 is 0 Å². The number of rotatable bonds is 7. The number of carbonyl (C=O) groups is 1. The summed E-state index contributed by atoms with van der Waals surface area (Å²) in [7, 11) is 2.06. The van der Waals surface area contributed by atoms with E-state index in [1.54, 1.807) is 0 Å². The van der Waals surface area contributed by atoms with Crippen LogP contribution in [-0.2, 0) is 18.3 Å². The van der Waals surface area contributed by atoms with Gasteiger partial charge in [-0.2, -0.15) is 0 Å². The molecule has 1 saturated heterocycles. The van der Waals surface area contributed by atoms with Gasteiger partial charge in [0.25, 0.3) is 0 Å². The van der Waals surface area contributed by atoms with Crippen LogP contribution < -0.4 is 5.32 Å². The SMILES string of the molecule is C[C@@H]1CCC[C@@H](C)N1CCCNC(=O)CCc1cn(C)c2ccccc12. The summed E-state index contributed by atoms with van der Waals surface area (Å²) in [6, 6.07) is 9.75. The molecule has 1 N–H and O–H groups in total. The van der Waals surface area contributed by atoms with Gasteiger partial charge in [0, 0.05) is 55.7 Å². The van der Waals surface area contributed by atoms with Crippen molar-refractivity contribution in [1.82, 2.24) is 14.8 Å². The maximum atomic E-state index is 12.2. The first-order valence-corrected chi connectivity index (χ1v) is 10.1. The van der Waals surface area contributed by atoms with Gasteiger partial charge in [0.15, 0.2) is 0 Å². The van der Waals surface area contributed by atoms with E-state index in [1.165, 1.54) is 35.7 Å². The zero-order valence-electron chi connectivity index (χ0n) is 16.5. The molecule has 0 unspecified atom stereocenters. The van der Waals surface area contributed by atoms with E-state index in [1.807, 2.05) is 0 Å². The number of carbonyl (C=O) groups excluding carboxylic acids is 1.